The summed E-state index contributed by atoms with van der Waals surface area (Å²) in [5.41, 5.74) is 1.24. The van der Waals surface area contributed by atoms with Crippen LogP contribution in [0.15, 0.2) is 36.4 Å². The van der Waals surface area contributed by atoms with E-state index in [0.717, 1.165) is 87.8 Å². The minimum absolute atomic E-state index is 0.0977. The number of allylic oxidation sites excluding steroid dienone is 1. The molecule has 0 unspecified atom stereocenters. The SMILES string of the molecule is CCCCCC[N+]1(Cc2ccc([N+](=O)[O-])cc2)CCN(C(=O)/C=C/CCCCCCCOC(C)=O)CC1. The minimum atomic E-state index is -0.356. The van der Waals surface area contributed by atoms with Gasteiger partial charge in [-0.3, -0.25) is 19.7 Å². The number of piperazine rings is 1. The highest BCUT2D eigenvalue weighted by Gasteiger charge is 2.34. The number of amides is 1. The fourth-order valence-electron chi connectivity index (χ4n) is 4.95. The van der Waals surface area contributed by atoms with Crippen molar-refractivity contribution in [3.63, 3.8) is 0 Å². The van der Waals surface area contributed by atoms with Gasteiger partial charge in [-0.15, -0.1) is 0 Å². The molecule has 1 saturated heterocycles. The number of rotatable bonds is 17. The second-order valence-electron chi connectivity index (χ2n) is 10.3. The lowest BCUT2D eigenvalue weighted by Crippen LogP contribution is -2.60. The average Bonchev–Trinajstić information content (AvgIpc) is 2.88. The lowest BCUT2D eigenvalue weighted by molar-refractivity contribution is -0.944. The van der Waals surface area contributed by atoms with Gasteiger partial charge in [-0.2, -0.15) is 0 Å². The van der Waals surface area contributed by atoms with Crippen LogP contribution in [-0.4, -0.2) is 65.5 Å². The molecule has 8 nitrogen and oxygen atoms in total. The van der Waals surface area contributed by atoms with Gasteiger partial charge in [-0.25, -0.2) is 0 Å². The molecule has 0 bridgehead atoms. The van der Waals surface area contributed by atoms with Crippen LogP contribution in [0.5, 0.6) is 0 Å². The van der Waals surface area contributed by atoms with Crippen LogP contribution in [0.4, 0.5) is 5.69 Å². The molecule has 1 aliphatic heterocycles. The summed E-state index contributed by atoms with van der Waals surface area (Å²) in [7, 11) is 0. The Balaban J connectivity index is 1.78. The molecule has 8 heteroatoms. The predicted octanol–water partition coefficient (Wildman–Crippen LogP) is 5.79. The Morgan fingerprint density at radius 2 is 1.65 bits per heavy atom. The van der Waals surface area contributed by atoms with E-state index in [0.29, 0.717) is 6.61 Å². The van der Waals surface area contributed by atoms with Crippen molar-refractivity contribution in [1.82, 2.24) is 4.90 Å². The Morgan fingerprint density at radius 3 is 2.30 bits per heavy atom. The van der Waals surface area contributed by atoms with Crippen molar-refractivity contribution in [2.45, 2.75) is 84.6 Å². The molecule has 0 N–H and O–H groups in total. The van der Waals surface area contributed by atoms with Gasteiger partial charge in [0, 0.05) is 24.6 Å². The Hall–Kier alpha value is -2.74. The smallest absolute Gasteiger partial charge is 0.302 e. The van der Waals surface area contributed by atoms with E-state index >= 15 is 0 Å². The number of nitro benzene ring substituents is 1. The fourth-order valence-corrected chi connectivity index (χ4v) is 4.95. The Kier molecular flexibility index (Phi) is 13.9. The second kappa shape index (κ2) is 16.9. The quantitative estimate of drug-likeness (QED) is 0.0652. The minimum Gasteiger partial charge on any atom is -0.466 e. The summed E-state index contributed by atoms with van der Waals surface area (Å²) in [6, 6.07) is 6.95. The fraction of sp³-hybridized carbons (Fsp3) is 0.655. The molecule has 1 fully saturated rings. The summed E-state index contributed by atoms with van der Waals surface area (Å²) < 4.78 is 5.88. The van der Waals surface area contributed by atoms with Crippen molar-refractivity contribution in [2.24, 2.45) is 0 Å². The summed E-state index contributed by atoms with van der Waals surface area (Å²) in [5.74, 6) is -0.120. The number of ether oxygens (including phenoxy) is 1. The average molecular weight is 517 g/mol. The molecule has 0 spiro atoms. The van der Waals surface area contributed by atoms with Crippen molar-refractivity contribution in [2.75, 3.05) is 39.3 Å². The number of nitro groups is 1. The highest BCUT2D eigenvalue weighted by molar-refractivity contribution is 5.87. The topological polar surface area (TPSA) is 89.8 Å². The van der Waals surface area contributed by atoms with Crippen molar-refractivity contribution >= 4 is 17.6 Å². The third kappa shape index (κ3) is 11.9. The van der Waals surface area contributed by atoms with E-state index in [-0.39, 0.29) is 22.5 Å². The van der Waals surface area contributed by atoms with Crippen molar-refractivity contribution in [1.29, 1.82) is 0 Å². The van der Waals surface area contributed by atoms with Gasteiger partial charge in [-0.05, 0) is 50.3 Å². The first-order chi connectivity index (χ1) is 17.8. The van der Waals surface area contributed by atoms with E-state index < -0.39 is 0 Å². The van der Waals surface area contributed by atoms with Gasteiger partial charge in [0.25, 0.3) is 5.69 Å². The van der Waals surface area contributed by atoms with Crippen LogP contribution in [0, 0.1) is 10.1 Å². The lowest BCUT2D eigenvalue weighted by atomic mass is 10.1. The molecule has 1 amide bonds. The van der Waals surface area contributed by atoms with E-state index in [1.165, 1.54) is 32.6 Å². The number of carbonyl (C=O) groups is 2. The maximum absolute atomic E-state index is 12.8. The van der Waals surface area contributed by atoms with Gasteiger partial charge >= 0.3 is 5.97 Å². The molecule has 1 aromatic rings. The standard InChI is InChI=1S/C29H46N3O5/c1-3-4-5-12-21-32(25-27-15-17-28(18-16-27)31(35)36)22-19-30(20-23-32)29(34)14-11-9-7-6-8-10-13-24-37-26(2)33/h11,14-18H,3-10,12-13,19-25H2,1-2H3/q+1/b14-11+. The summed E-state index contributed by atoms with van der Waals surface area (Å²) >= 11 is 0. The summed E-state index contributed by atoms with van der Waals surface area (Å²) in [6.07, 6.45) is 14.7. The molecule has 0 atom stereocenters. The number of quaternary nitrogens is 1. The normalized spacial score (nSPS) is 15.1. The van der Waals surface area contributed by atoms with Crippen molar-refractivity contribution in [3.05, 3.63) is 52.1 Å². The Labute approximate surface area is 222 Å². The Morgan fingerprint density at radius 1 is 1.00 bits per heavy atom. The maximum Gasteiger partial charge on any atom is 0.302 e. The largest absolute Gasteiger partial charge is 0.466 e. The van der Waals surface area contributed by atoms with Crippen LogP contribution in [0.1, 0.15) is 83.6 Å². The third-order valence-corrected chi connectivity index (χ3v) is 7.23. The molecule has 1 heterocycles. The maximum atomic E-state index is 12.8. The summed E-state index contributed by atoms with van der Waals surface area (Å²) in [6.45, 7) is 9.40. The first-order valence-electron chi connectivity index (χ1n) is 14.0. The zero-order valence-electron chi connectivity index (χ0n) is 22.9. The van der Waals surface area contributed by atoms with Crippen LogP contribution in [0.25, 0.3) is 0 Å². The van der Waals surface area contributed by atoms with Gasteiger partial charge < -0.3 is 14.1 Å². The molecular formula is C29H46N3O5+. The van der Waals surface area contributed by atoms with E-state index in [2.05, 4.69) is 6.92 Å². The number of hydrogen-bond acceptors (Lipinski definition) is 5. The molecule has 0 aliphatic carbocycles. The first-order valence-corrected chi connectivity index (χ1v) is 14.0. The zero-order chi connectivity index (χ0) is 26.9. The molecule has 206 valence electrons. The van der Waals surface area contributed by atoms with E-state index in [1.54, 1.807) is 18.2 Å². The molecule has 0 aromatic heterocycles. The van der Waals surface area contributed by atoms with E-state index in [9.17, 15) is 19.7 Å². The molecule has 0 radical (unpaired) electrons. The molecule has 37 heavy (non-hydrogen) atoms. The molecular weight excluding hydrogens is 470 g/mol. The summed E-state index contributed by atoms with van der Waals surface area (Å²) in [4.78, 5) is 36.1. The van der Waals surface area contributed by atoms with Crippen LogP contribution in [-0.2, 0) is 20.9 Å². The number of nitrogens with zero attached hydrogens (tertiary/aromatic N) is 3. The number of benzene rings is 1. The second-order valence-corrected chi connectivity index (χ2v) is 10.3. The predicted molar refractivity (Wildman–Crippen MR) is 146 cm³/mol. The highest BCUT2D eigenvalue weighted by Crippen LogP contribution is 2.22. The van der Waals surface area contributed by atoms with Gasteiger partial charge in [0.2, 0.25) is 5.91 Å². The summed E-state index contributed by atoms with van der Waals surface area (Å²) in [5, 5.41) is 11.0. The monoisotopic (exact) mass is 516 g/mol. The van der Waals surface area contributed by atoms with Crippen molar-refractivity contribution in [3.8, 4) is 0 Å². The van der Waals surface area contributed by atoms with Crippen LogP contribution in [0.3, 0.4) is 0 Å². The van der Waals surface area contributed by atoms with Gasteiger partial charge in [0.1, 0.15) is 6.54 Å². The van der Waals surface area contributed by atoms with Crippen LogP contribution >= 0.6 is 0 Å². The van der Waals surface area contributed by atoms with E-state index in [4.69, 9.17) is 4.74 Å². The number of unbranched alkanes of at least 4 members (excludes halogenated alkanes) is 8. The van der Waals surface area contributed by atoms with Crippen LogP contribution < -0.4 is 0 Å². The zero-order valence-corrected chi connectivity index (χ0v) is 22.9. The van der Waals surface area contributed by atoms with Gasteiger partial charge in [0.05, 0.1) is 44.3 Å². The molecule has 0 saturated carbocycles. The first kappa shape index (κ1) is 30.5. The number of non-ortho nitro benzene ring substituents is 1. The Bertz CT molecular complexity index is 861. The third-order valence-electron chi connectivity index (χ3n) is 7.23. The van der Waals surface area contributed by atoms with Crippen LogP contribution in [0.2, 0.25) is 0 Å². The number of hydrogen-bond donors (Lipinski definition) is 0. The highest BCUT2D eigenvalue weighted by atomic mass is 16.6. The number of carbonyl (C=O) groups excluding carboxylic acids is 2. The van der Waals surface area contributed by atoms with Crippen molar-refractivity contribution < 1.29 is 23.7 Å². The van der Waals surface area contributed by atoms with E-state index in [1.807, 2.05) is 23.1 Å². The van der Waals surface area contributed by atoms with Gasteiger partial charge in [0.15, 0.2) is 0 Å². The molecule has 1 aromatic carbocycles. The molecule has 1 aliphatic rings. The number of esters is 1. The lowest BCUT2D eigenvalue weighted by Gasteiger charge is -2.45. The molecule has 2 rings (SSSR count). The van der Waals surface area contributed by atoms with Gasteiger partial charge in [-0.1, -0.05) is 45.1 Å².